The third-order valence-electron chi connectivity index (χ3n) is 3.18. The molecule has 1 heterocycles. The molecule has 1 aliphatic heterocycles. The monoisotopic (exact) mass is 260 g/mol. The average Bonchev–Trinajstić information content (AvgIpc) is 2.39. The predicted octanol–water partition coefficient (Wildman–Crippen LogP) is 0.606. The summed E-state index contributed by atoms with van der Waals surface area (Å²) in [5.41, 5.74) is 0.593. The van der Waals surface area contributed by atoms with Gasteiger partial charge in [-0.2, -0.15) is 0 Å². The van der Waals surface area contributed by atoms with Gasteiger partial charge in [-0.05, 0) is 6.42 Å². The van der Waals surface area contributed by atoms with E-state index in [1.807, 2.05) is 13.0 Å². The van der Waals surface area contributed by atoms with Crippen molar-refractivity contribution in [2.24, 2.45) is 0 Å². The van der Waals surface area contributed by atoms with Crippen molar-refractivity contribution in [3.8, 4) is 0 Å². The number of hydrogen-bond acceptors (Lipinski definition) is 4. The maximum Gasteiger partial charge on any atom is 0.243 e. The standard InChI is InChI=1S/C14H16N2O3/c1-2-11-14(19)15-13(18)9-16(11)8-12(17)10-6-4-3-5-7-10/h3-7,11H,2,8-9H2,1H3,(H,15,18,19). The van der Waals surface area contributed by atoms with Crippen LogP contribution in [0.5, 0.6) is 0 Å². The van der Waals surface area contributed by atoms with Crippen LogP contribution in [0.15, 0.2) is 30.3 Å². The van der Waals surface area contributed by atoms with Gasteiger partial charge in [-0.15, -0.1) is 0 Å². The third-order valence-corrected chi connectivity index (χ3v) is 3.18. The molecular formula is C14H16N2O3. The van der Waals surface area contributed by atoms with Crippen LogP contribution in [-0.2, 0) is 9.59 Å². The molecule has 1 atom stereocenters. The predicted molar refractivity (Wildman–Crippen MR) is 69.6 cm³/mol. The minimum Gasteiger partial charge on any atom is -0.294 e. The van der Waals surface area contributed by atoms with E-state index in [0.717, 1.165) is 0 Å². The summed E-state index contributed by atoms with van der Waals surface area (Å²) in [5, 5.41) is 2.29. The number of benzene rings is 1. The number of carbonyl (C=O) groups is 3. The Kier molecular flexibility index (Phi) is 4.06. The molecule has 1 aliphatic rings. The van der Waals surface area contributed by atoms with E-state index in [0.29, 0.717) is 12.0 Å². The van der Waals surface area contributed by atoms with Crippen molar-refractivity contribution < 1.29 is 14.4 Å². The van der Waals surface area contributed by atoms with Gasteiger partial charge in [0.25, 0.3) is 0 Å². The molecule has 2 rings (SSSR count). The van der Waals surface area contributed by atoms with E-state index in [2.05, 4.69) is 5.32 Å². The van der Waals surface area contributed by atoms with Crippen molar-refractivity contribution in [3.63, 3.8) is 0 Å². The summed E-state index contributed by atoms with van der Waals surface area (Å²) >= 11 is 0. The van der Waals surface area contributed by atoms with Gasteiger partial charge in [-0.3, -0.25) is 24.6 Å². The Hall–Kier alpha value is -2.01. The fourth-order valence-corrected chi connectivity index (χ4v) is 2.23. The zero-order chi connectivity index (χ0) is 13.8. The molecular weight excluding hydrogens is 244 g/mol. The lowest BCUT2D eigenvalue weighted by Gasteiger charge is -2.32. The topological polar surface area (TPSA) is 66.5 Å². The molecule has 0 aromatic heterocycles. The highest BCUT2D eigenvalue weighted by Gasteiger charge is 2.33. The molecule has 19 heavy (non-hydrogen) atoms. The molecule has 0 saturated carbocycles. The molecule has 1 N–H and O–H groups in total. The van der Waals surface area contributed by atoms with E-state index in [4.69, 9.17) is 0 Å². The number of imide groups is 1. The Morgan fingerprint density at radius 2 is 2.00 bits per heavy atom. The van der Waals surface area contributed by atoms with Crippen molar-refractivity contribution in [1.29, 1.82) is 0 Å². The van der Waals surface area contributed by atoms with Gasteiger partial charge in [0.2, 0.25) is 11.8 Å². The molecule has 5 nitrogen and oxygen atoms in total. The van der Waals surface area contributed by atoms with Crippen molar-refractivity contribution in [2.45, 2.75) is 19.4 Å². The maximum absolute atomic E-state index is 12.1. The summed E-state index contributed by atoms with van der Waals surface area (Å²) in [6.45, 7) is 2.03. The van der Waals surface area contributed by atoms with Gasteiger partial charge in [-0.25, -0.2) is 0 Å². The Balaban J connectivity index is 2.10. The molecule has 1 aromatic carbocycles. The molecule has 0 bridgehead atoms. The fraction of sp³-hybridized carbons (Fsp3) is 0.357. The van der Waals surface area contributed by atoms with Gasteiger partial charge in [0.05, 0.1) is 19.1 Å². The SMILES string of the molecule is CCC1C(=O)NC(=O)CN1CC(=O)c1ccccc1. The lowest BCUT2D eigenvalue weighted by Crippen LogP contribution is -2.58. The van der Waals surface area contributed by atoms with E-state index < -0.39 is 6.04 Å². The lowest BCUT2D eigenvalue weighted by molar-refractivity contribution is -0.139. The second-order valence-electron chi connectivity index (χ2n) is 4.53. The Bertz CT molecular complexity index is 499. The summed E-state index contributed by atoms with van der Waals surface area (Å²) < 4.78 is 0. The number of carbonyl (C=O) groups excluding carboxylic acids is 3. The van der Waals surface area contributed by atoms with Gasteiger partial charge in [0.1, 0.15) is 0 Å². The molecule has 100 valence electrons. The Morgan fingerprint density at radius 1 is 1.32 bits per heavy atom. The molecule has 0 radical (unpaired) electrons. The zero-order valence-electron chi connectivity index (χ0n) is 10.8. The number of hydrogen-bond donors (Lipinski definition) is 1. The van der Waals surface area contributed by atoms with E-state index in [1.54, 1.807) is 29.2 Å². The van der Waals surface area contributed by atoms with Crippen LogP contribution < -0.4 is 5.32 Å². The molecule has 0 aliphatic carbocycles. The fourth-order valence-electron chi connectivity index (χ4n) is 2.23. The van der Waals surface area contributed by atoms with Crippen LogP contribution in [-0.4, -0.2) is 41.6 Å². The molecule has 1 aromatic rings. The van der Waals surface area contributed by atoms with Gasteiger partial charge < -0.3 is 0 Å². The minimum absolute atomic E-state index is 0.0819. The molecule has 1 saturated heterocycles. The maximum atomic E-state index is 12.1. The number of nitrogens with zero attached hydrogens (tertiary/aromatic N) is 1. The second-order valence-corrected chi connectivity index (χ2v) is 4.53. The molecule has 1 unspecified atom stereocenters. The number of amides is 2. The first-order valence-corrected chi connectivity index (χ1v) is 6.27. The Labute approximate surface area is 111 Å². The van der Waals surface area contributed by atoms with E-state index in [1.165, 1.54) is 0 Å². The van der Waals surface area contributed by atoms with Crippen LogP contribution in [0.3, 0.4) is 0 Å². The highest BCUT2D eigenvalue weighted by Crippen LogP contribution is 2.11. The normalized spacial score (nSPS) is 20.2. The van der Waals surface area contributed by atoms with Crippen LogP contribution in [0.2, 0.25) is 0 Å². The molecule has 1 fully saturated rings. The third kappa shape index (κ3) is 3.06. The van der Waals surface area contributed by atoms with Crippen LogP contribution in [0.1, 0.15) is 23.7 Å². The van der Waals surface area contributed by atoms with Crippen molar-refractivity contribution in [3.05, 3.63) is 35.9 Å². The lowest BCUT2D eigenvalue weighted by atomic mass is 10.1. The molecule has 5 heteroatoms. The molecule has 2 amide bonds. The Morgan fingerprint density at radius 3 is 2.63 bits per heavy atom. The van der Waals surface area contributed by atoms with Crippen LogP contribution in [0.4, 0.5) is 0 Å². The van der Waals surface area contributed by atoms with E-state index in [-0.39, 0.29) is 30.7 Å². The highest BCUT2D eigenvalue weighted by atomic mass is 16.2. The highest BCUT2D eigenvalue weighted by molar-refractivity contribution is 6.03. The minimum atomic E-state index is -0.412. The van der Waals surface area contributed by atoms with Gasteiger partial charge in [0, 0.05) is 5.56 Å². The number of nitrogens with one attached hydrogen (secondary N) is 1. The first-order chi connectivity index (χ1) is 9.11. The largest absolute Gasteiger partial charge is 0.294 e. The van der Waals surface area contributed by atoms with E-state index >= 15 is 0 Å². The number of piperazine rings is 1. The van der Waals surface area contributed by atoms with Crippen LogP contribution >= 0.6 is 0 Å². The van der Waals surface area contributed by atoms with Crippen LogP contribution in [0, 0.1) is 0 Å². The van der Waals surface area contributed by atoms with Crippen molar-refractivity contribution >= 4 is 17.6 Å². The number of ketones is 1. The summed E-state index contributed by atoms with van der Waals surface area (Å²) in [5.74, 6) is -0.753. The van der Waals surface area contributed by atoms with Gasteiger partial charge >= 0.3 is 0 Å². The first-order valence-electron chi connectivity index (χ1n) is 6.27. The summed E-state index contributed by atoms with van der Waals surface area (Å²) in [7, 11) is 0. The summed E-state index contributed by atoms with van der Waals surface area (Å²) in [4.78, 5) is 36.8. The summed E-state index contributed by atoms with van der Waals surface area (Å²) in [6, 6.07) is 8.47. The average molecular weight is 260 g/mol. The zero-order valence-corrected chi connectivity index (χ0v) is 10.8. The van der Waals surface area contributed by atoms with Gasteiger partial charge in [0.15, 0.2) is 5.78 Å². The number of rotatable bonds is 4. The summed E-state index contributed by atoms with van der Waals surface area (Å²) in [6.07, 6.45) is 0.571. The van der Waals surface area contributed by atoms with Crippen molar-refractivity contribution in [1.82, 2.24) is 10.2 Å². The molecule has 0 spiro atoms. The first kappa shape index (κ1) is 13.4. The van der Waals surface area contributed by atoms with Gasteiger partial charge in [-0.1, -0.05) is 37.3 Å². The quantitative estimate of drug-likeness (QED) is 0.636. The van der Waals surface area contributed by atoms with E-state index in [9.17, 15) is 14.4 Å². The second kappa shape index (κ2) is 5.75. The number of Topliss-reactive ketones (excluding diaryl/α,β-unsaturated/α-hetero) is 1. The van der Waals surface area contributed by atoms with Crippen molar-refractivity contribution in [2.75, 3.05) is 13.1 Å². The van der Waals surface area contributed by atoms with Crippen LogP contribution in [0.25, 0.3) is 0 Å². The smallest absolute Gasteiger partial charge is 0.243 e.